The van der Waals surface area contributed by atoms with Crippen LogP contribution in [0.4, 0.5) is 0 Å². The van der Waals surface area contributed by atoms with Gasteiger partial charge in [0.1, 0.15) is 5.82 Å². The lowest BCUT2D eigenvalue weighted by Crippen LogP contribution is -2.16. The third-order valence-corrected chi connectivity index (χ3v) is 4.23. The van der Waals surface area contributed by atoms with Gasteiger partial charge in [0.05, 0.1) is 11.0 Å². The number of benzene rings is 1. The van der Waals surface area contributed by atoms with Crippen molar-refractivity contribution >= 4 is 23.0 Å². The average Bonchev–Trinajstić information content (AvgIpc) is 2.98. The molecule has 6 nitrogen and oxygen atoms in total. The molecule has 0 aliphatic carbocycles. The summed E-state index contributed by atoms with van der Waals surface area (Å²) in [6.45, 7) is 4.00. The highest BCUT2D eigenvalue weighted by Gasteiger charge is 2.10. The van der Waals surface area contributed by atoms with Crippen molar-refractivity contribution in [2.24, 2.45) is 0 Å². The van der Waals surface area contributed by atoms with Gasteiger partial charge in [0.2, 0.25) is 0 Å². The maximum Gasteiger partial charge on any atom is 0.267 e. The lowest BCUT2D eigenvalue weighted by Gasteiger charge is -2.09. The van der Waals surface area contributed by atoms with Crippen LogP contribution in [-0.4, -0.2) is 34.3 Å². The minimum atomic E-state index is -0.545. The van der Waals surface area contributed by atoms with Crippen molar-refractivity contribution in [3.05, 3.63) is 35.7 Å². The van der Waals surface area contributed by atoms with E-state index in [0.717, 1.165) is 48.4 Å². The van der Waals surface area contributed by atoms with Crippen molar-refractivity contribution in [3.8, 4) is 0 Å². The monoisotopic (exact) mass is 344 g/mol. The first kappa shape index (κ1) is 19.1. The number of amides is 1. The zero-order valence-corrected chi connectivity index (χ0v) is 15.1. The number of unbranched alkanes of at least 4 members (excludes halogenated alkanes) is 3. The van der Waals surface area contributed by atoms with Gasteiger partial charge in [0, 0.05) is 25.6 Å². The normalized spacial score (nSPS) is 11.5. The topological polar surface area (TPSA) is 79.2 Å². The molecule has 0 bridgehead atoms. The van der Waals surface area contributed by atoms with E-state index in [4.69, 9.17) is 10.2 Å². The Morgan fingerprint density at radius 2 is 2.16 bits per heavy atom. The minimum absolute atomic E-state index is 0.545. The molecule has 0 unspecified atom stereocenters. The van der Waals surface area contributed by atoms with Crippen LogP contribution in [0.15, 0.2) is 24.3 Å². The third kappa shape index (κ3) is 5.41. The van der Waals surface area contributed by atoms with Crippen molar-refractivity contribution in [3.63, 3.8) is 0 Å². The summed E-state index contributed by atoms with van der Waals surface area (Å²) in [5.41, 5.74) is 4.52. The summed E-state index contributed by atoms with van der Waals surface area (Å²) < 4.78 is 2.28. The van der Waals surface area contributed by atoms with Crippen molar-refractivity contribution in [1.82, 2.24) is 20.3 Å². The molecule has 0 saturated heterocycles. The van der Waals surface area contributed by atoms with Crippen molar-refractivity contribution < 1.29 is 10.0 Å². The molecule has 25 heavy (non-hydrogen) atoms. The maximum absolute atomic E-state index is 11.1. The van der Waals surface area contributed by atoms with Gasteiger partial charge in [-0.3, -0.25) is 10.0 Å². The van der Waals surface area contributed by atoms with Crippen LogP contribution in [0.5, 0.6) is 0 Å². The summed E-state index contributed by atoms with van der Waals surface area (Å²) >= 11 is 0. The van der Waals surface area contributed by atoms with Crippen LogP contribution in [0.2, 0.25) is 0 Å². The Bertz CT molecular complexity index is 722. The number of hydrogen-bond acceptors (Lipinski definition) is 4. The number of hydrogen-bond donors (Lipinski definition) is 3. The fraction of sp³-hybridized carbons (Fsp3) is 0.474. The first-order chi connectivity index (χ1) is 12.2. The second kappa shape index (κ2) is 9.96. The number of fused-ring (bicyclic) bond motifs is 1. The largest absolute Gasteiger partial charge is 0.327 e. The number of likely N-dealkylation sites (N-methyl/N-ethyl adjacent to an activating group) is 1. The number of nitrogens with one attached hydrogen (secondary N) is 2. The fourth-order valence-electron chi connectivity index (χ4n) is 2.88. The van der Waals surface area contributed by atoms with E-state index >= 15 is 0 Å². The first-order valence-corrected chi connectivity index (χ1v) is 8.95. The van der Waals surface area contributed by atoms with Gasteiger partial charge < -0.3 is 9.88 Å². The van der Waals surface area contributed by atoms with Crippen LogP contribution in [-0.2, 0) is 17.8 Å². The van der Waals surface area contributed by atoms with Crippen molar-refractivity contribution in [1.29, 1.82) is 0 Å². The molecule has 0 radical (unpaired) electrons. The zero-order chi connectivity index (χ0) is 18.1. The number of nitrogens with zero attached hydrogens (tertiary/aromatic N) is 2. The van der Waals surface area contributed by atoms with Crippen LogP contribution in [0.3, 0.4) is 0 Å². The molecule has 136 valence electrons. The van der Waals surface area contributed by atoms with E-state index in [1.807, 2.05) is 25.2 Å². The van der Waals surface area contributed by atoms with Gasteiger partial charge in [-0.25, -0.2) is 10.5 Å². The molecule has 6 heteroatoms. The molecule has 1 aromatic carbocycles. The molecule has 0 aliphatic heterocycles. The quantitative estimate of drug-likeness (QED) is 0.268. The van der Waals surface area contributed by atoms with Gasteiger partial charge >= 0.3 is 0 Å². The average molecular weight is 344 g/mol. The number of aryl methyl sites for hydroxylation is 1. The standard InChI is InChI=1S/C19H28N4O2/c1-3-4-5-6-7-18-21-16-14-15(9-11-19(24)22-25)8-10-17(16)23(18)13-12-20-2/h8-11,14,20,25H,3-7,12-13H2,1-2H3,(H,22,24)/b11-9+. The lowest BCUT2D eigenvalue weighted by molar-refractivity contribution is -0.124. The molecule has 0 aliphatic rings. The Kier molecular flexibility index (Phi) is 7.63. The molecule has 0 atom stereocenters. The molecule has 2 rings (SSSR count). The van der Waals surface area contributed by atoms with Gasteiger partial charge in [-0.2, -0.15) is 0 Å². The summed E-state index contributed by atoms with van der Waals surface area (Å²) in [7, 11) is 1.95. The van der Waals surface area contributed by atoms with E-state index in [-0.39, 0.29) is 0 Å². The predicted molar refractivity (Wildman–Crippen MR) is 100 cm³/mol. The summed E-state index contributed by atoms with van der Waals surface area (Å²) in [5.74, 6) is 0.576. The highest BCUT2D eigenvalue weighted by molar-refractivity contribution is 5.91. The maximum atomic E-state index is 11.1. The molecule has 3 N–H and O–H groups in total. The smallest absolute Gasteiger partial charge is 0.267 e. The van der Waals surface area contributed by atoms with E-state index in [1.54, 1.807) is 11.6 Å². The summed E-state index contributed by atoms with van der Waals surface area (Å²) in [5, 5.41) is 11.8. The van der Waals surface area contributed by atoms with E-state index in [9.17, 15) is 4.79 Å². The molecule has 1 heterocycles. The van der Waals surface area contributed by atoms with E-state index in [0.29, 0.717) is 0 Å². The highest BCUT2D eigenvalue weighted by atomic mass is 16.5. The highest BCUT2D eigenvalue weighted by Crippen LogP contribution is 2.20. The molecule has 1 amide bonds. The second-order valence-electron chi connectivity index (χ2n) is 6.15. The molecule has 0 spiro atoms. The van der Waals surface area contributed by atoms with E-state index < -0.39 is 5.91 Å². The number of aromatic nitrogens is 2. The zero-order valence-electron chi connectivity index (χ0n) is 15.1. The Morgan fingerprint density at radius 3 is 2.88 bits per heavy atom. The Balaban J connectivity index is 2.25. The number of carbonyl (C=O) groups is 1. The van der Waals surface area contributed by atoms with Crippen LogP contribution >= 0.6 is 0 Å². The van der Waals surface area contributed by atoms with E-state index in [2.05, 4.69) is 16.8 Å². The summed E-state index contributed by atoms with van der Waals surface area (Å²) in [6.07, 6.45) is 8.82. The molecule has 0 fully saturated rings. The molecule has 1 aromatic heterocycles. The third-order valence-electron chi connectivity index (χ3n) is 4.23. The Labute approximate surface area is 148 Å². The van der Waals surface area contributed by atoms with Crippen molar-refractivity contribution in [2.45, 2.75) is 45.6 Å². The van der Waals surface area contributed by atoms with E-state index in [1.165, 1.54) is 25.3 Å². The van der Waals surface area contributed by atoms with Gasteiger partial charge in [0.15, 0.2) is 0 Å². The van der Waals surface area contributed by atoms with Crippen LogP contribution < -0.4 is 10.8 Å². The van der Waals surface area contributed by atoms with Crippen LogP contribution in [0.25, 0.3) is 17.1 Å². The number of carbonyl (C=O) groups excluding carboxylic acids is 1. The molecule has 2 aromatic rings. The first-order valence-electron chi connectivity index (χ1n) is 8.95. The van der Waals surface area contributed by atoms with Crippen LogP contribution in [0.1, 0.15) is 44.0 Å². The SMILES string of the molecule is CCCCCCc1nc2cc(/C=C/C(=O)NO)ccc2n1CCNC. The number of hydroxylamine groups is 1. The number of imidazole rings is 1. The molecular weight excluding hydrogens is 316 g/mol. The van der Waals surface area contributed by atoms with Gasteiger partial charge in [-0.1, -0.05) is 32.3 Å². The second-order valence-corrected chi connectivity index (χ2v) is 6.15. The Morgan fingerprint density at radius 1 is 1.32 bits per heavy atom. The Hall–Kier alpha value is -2.18. The summed E-state index contributed by atoms with van der Waals surface area (Å²) in [6, 6.07) is 5.98. The lowest BCUT2D eigenvalue weighted by atomic mass is 10.1. The van der Waals surface area contributed by atoms with Crippen molar-refractivity contribution in [2.75, 3.05) is 13.6 Å². The van der Waals surface area contributed by atoms with Gasteiger partial charge in [-0.15, -0.1) is 0 Å². The molecular formula is C19H28N4O2. The van der Waals surface area contributed by atoms with Gasteiger partial charge in [-0.05, 0) is 37.2 Å². The molecule has 0 saturated carbocycles. The fourth-order valence-corrected chi connectivity index (χ4v) is 2.88. The van der Waals surface area contributed by atoms with Gasteiger partial charge in [0.25, 0.3) is 5.91 Å². The predicted octanol–water partition coefficient (Wildman–Crippen LogP) is 2.90. The minimum Gasteiger partial charge on any atom is -0.327 e. The van der Waals surface area contributed by atoms with Crippen LogP contribution in [0, 0.1) is 0 Å². The summed E-state index contributed by atoms with van der Waals surface area (Å²) in [4.78, 5) is 15.9. The number of rotatable bonds is 10.